The van der Waals surface area contributed by atoms with Gasteiger partial charge in [0.15, 0.2) is 19.8 Å². The molecule has 3 rings (SSSR count). The van der Waals surface area contributed by atoms with Crippen molar-refractivity contribution in [2.75, 3.05) is 6.79 Å². The molecule has 6 nitrogen and oxygen atoms in total. The molecular formula is C19H26N4O2Si. The van der Waals surface area contributed by atoms with Gasteiger partial charge in [-0.2, -0.15) is 0 Å². The smallest absolute Gasteiger partial charge is 0.186 e. The third-order valence-corrected chi connectivity index (χ3v) is 4.25. The predicted octanol–water partition coefficient (Wildman–Crippen LogP) is 4.36. The van der Waals surface area contributed by atoms with E-state index in [1.807, 2.05) is 44.2 Å². The van der Waals surface area contributed by atoms with Crippen LogP contribution in [0, 0.1) is 0 Å². The minimum atomic E-state index is -1.69. The number of ether oxygens (including phenoxy) is 1. The molecule has 138 valence electrons. The van der Waals surface area contributed by atoms with Gasteiger partial charge in [0.25, 0.3) is 0 Å². The molecule has 2 aromatic heterocycles. The average molecular weight is 372 g/mol. The number of rotatable bonds is 6. The Morgan fingerprint density at radius 3 is 2.50 bits per heavy atom. The molecule has 0 saturated carbocycles. The van der Waals surface area contributed by atoms with Crippen LogP contribution < -0.4 is 0 Å². The first-order chi connectivity index (χ1) is 12.9. The molecule has 2 heterocycles. The summed E-state index contributed by atoms with van der Waals surface area (Å²) in [7, 11) is -1.69. The van der Waals surface area contributed by atoms with Gasteiger partial charge in [0.2, 0.25) is 0 Å². The third kappa shape index (κ3) is 5.65. The Kier molecular flexibility index (Phi) is 6.76. The van der Waals surface area contributed by atoms with Gasteiger partial charge in [-0.25, -0.2) is 19.9 Å². The fraction of sp³-hybridized carbons (Fsp3) is 0.368. The topological polar surface area (TPSA) is 70.0 Å². The van der Waals surface area contributed by atoms with E-state index in [0.29, 0.717) is 17.0 Å². The lowest BCUT2D eigenvalue weighted by Gasteiger charge is -2.21. The van der Waals surface area contributed by atoms with Gasteiger partial charge >= 0.3 is 0 Å². The fourth-order valence-electron chi connectivity index (χ4n) is 2.09. The van der Waals surface area contributed by atoms with E-state index in [-0.39, 0.29) is 13.0 Å². The van der Waals surface area contributed by atoms with Crippen molar-refractivity contribution in [3.05, 3.63) is 60.3 Å². The van der Waals surface area contributed by atoms with Crippen LogP contribution in [0.2, 0.25) is 19.6 Å². The maximum absolute atomic E-state index is 7.62. The van der Waals surface area contributed by atoms with Crippen LogP contribution in [0.4, 0.5) is 0 Å². The van der Waals surface area contributed by atoms with Gasteiger partial charge in [0, 0.05) is 12.4 Å². The second-order valence-corrected chi connectivity index (χ2v) is 10.8. The summed E-state index contributed by atoms with van der Waals surface area (Å²) in [5.41, 5.74) is 1.86. The van der Waals surface area contributed by atoms with Crippen LogP contribution in [0.1, 0.15) is 32.7 Å². The van der Waals surface area contributed by atoms with E-state index in [2.05, 4.69) is 39.6 Å². The van der Waals surface area contributed by atoms with Crippen LogP contribution in [0.25, 0.3) is 11.2 Å². The summed E-state index contributed by atoms with van der Waals surface area (Å²) in [5.74, 6) is 0.470. The molecule has 7 heteroatoms. The van der Waals surface area contributed by atoms with Gasteiger partial charge in [-0.05, 0) is 25.2 Å². The summed E-state index contributed by atoms with van der Waals surface area (Å²) in [6.45, 7) is 10.5. The van der Waals surface area contributed by atoms with Crippen LogP contribution in [0.3, 0.4) is 0 Å². The molecule has 0 fully saturated rings. The van der Waals surface area contributed by atoms with Crippen molar-refractivity contribution in [3.63, 3.8) is 0 Å². The molecule has 0 aliphatic rings. The van der Waals surface area contributed by atoms with Crippen molar-refractivity contribution in [3.8, 4) is 0 Å². The number of aromatic nitrogens is 4. The molecule has 0 amide bonds. The first kappa shape index (κ1) is 18.6. The van der Waals surface area contributed by atoms with Crippen LogP contribution in [-0.4, -0.2) is 35.0 Å². The van der Waals surface area contributed by atoms with E-state index < -0.39 is 14.4 Å². The van der Waals surface area contributed by atoms with E-state index in [0.717, 1.165) is 5.56 Å². The Bertz CT molecular complexity index is 859. The number of nitrogens with zero attached hydrogens (tertiary/aromatic N) is 4. The Labute approximate surface area is 157 Å². The maximum Gasteiger partial charge on any atom is 0.186 e. The highest BCUT2D eigenvalue weighted by molar-refractivity contribution is 6.69. The first-order valence-corrected chi connectivity index (χ1v) is 12.1. The van der Waals surface area contributed by atoms with Crippen LogP contribution >= 0.6 is 0 Å². The summed E-state index contributed by atoms with van der Waals surface area (Å²) >= 11 is 0. The second kappa shape index (κ2) is 9.47. The van der Waals surface area contributed by atoms with Crippen molar-refractivity contribution >= 4 is 19.5 Å². The molecule has 3 aromatic rings. The van der Waals surface area contributed by atoms with Crippen LogP contribution in [-0.2, 0) is 9.16 Å². The summed E-state index contributed by atoms with van der Waals surface area (Å²) < 4.78 is 19.4. The van der Waals surface area contributed by atoms with Crippen molar-refractivity contribution in [2.24, 2.45) is 0 Å². The summed E-state index contributed by atoms with van der Waals surface area (Å²) in [4.78, 5) is 17.1. The Morgan fingerprint density at radius 2 is 1.81 bits per heavy atom. The van der Waals surface area contributed by atoms with Crippen LogP contribution in [0.15, 0.2) is 48.9 Å². The zero-order valence-electron chi connectivity index (χ0n) is 16.9. The van der Waals surface area contributed by atoms with E-state index in [9.17, 15) is 0 Å². The lowest BCUT2D eigenvalue weighted by molar-refractivity contribution is -0.0276. The molecule has 0 N–H and O–H groups in total. The molecule has 0 aliphatic heterocycles. The highest BCUT2D eigenvalue weighted by Gasteiger charge is 2.21. The maximum atomic E-state index is 7.62. The largest absolute Gasteiger partial charge is 0.395 e. The normalized spacial score (nSPS) is 12.9. The van der Waals surface area contributed by atoms with Crippen LogP contribution in [0.5, 0.6) is 0 Å². The summed E-state index contributed by atoms with van der Waals surface area (Å²) in [6, 6.07) is 9.73. The Balaban J connectivity index is 0.00000126. The van der Waals surface area contributed by atoms with Crippen molar-refractivity contribution in [1.29, 1.82) is 0 Å². The number of hydrogen-bond donors (Lipinski definition) is 0. The van der Waals surface area contributed by atoms with Crippen molar-refractivity contribution in [1.82, 2.24) is 19.9 Å². The molecule has 1 aromatic carbocycles. The Morgan fingerprint density at radius 1 is 1.08 bits per heavy atom. The van der Waals surface area contributed by atoms with E-state index in [1.165, 1.54) is 6.20 Å². The van der Waals surface area contributed by atoms with Crippen molar-refractivity contribution in [2.45, 2.75) is 39.6 Å². The standard InChI is InChI=1S/C17H20N4O2Si.C2H6/c1-24(2,3)23-12-22-15(13-7-5-4-6-8-13)17-20-11-14-16(21-17)19-10-9-18-14;1-2/h4-11,15H,12H2,1-3H3;1-2H3/i10D;. The Hall–Kier alpha value is -2.22. The fourth-order valence-corrected chi connectivity index (χ4v) is 2.52. The molecule has 0 bridgehead atoms. The monoisotopic (exact) mass is 371 g/mol. The highest BCUT2D eigenvalue weighted by Crippen LogP contribution is 2.24. The minimum Gasteiger partial charge on any atom is -0.395 e. The molecule has 0 aliphatic carbocycles. The van der Waals surface area contributed by atoms with E-state index in [4.69, 9.17) is 10.5 Å². The first-order valence-electron chi connectivity index (χ1n) is 9.19. The minimum absolute atomic E-state index is 0.0661. The lowest BCUT2D eigenvalue weighted by Crippen LogP contribution is -2.27. The second-order valence-electron chi connectivity index (χ2n) is 6.27. The highest BCUT2D eigenvalue weighted by atomic mass is 28.4. The van der Waals surface area contributed by atoms with E-state index >= 15 is 0 Å². The van der Waals surface area contributed by atoms with Gasteiger partial charge in [-0.15, -0.1) is 0 Å². The lowest BCUT2D eigenvalue weighted by atomic mass is 10.1. The third-order valence-electron chi connectivity index (χ3n) is 3.26. The van der Waals surface area contributed by atoms with Gasteiger partial charge in [-0.1, -0.05) is 44.2 Å². The summed E-state index contributed by atoms with van der Waals surface area (Å²) in [6.07, 6.45) is 2.57. The molecule has 0 spiro atoms. The molecule has 0 radical (unpaired) electrons. The van der Waals surface area contributed by atoms with Gasteiger partial charge in [-0.3, -0.25) is 0 Å². The molecule has 26 heavy (non-hydrogen) atoms. The predicted molar refractivity (Wildman–Crippen MR) is 105 cm³/mol. The van der Waals surface area contributed by atoms with Gasteiger partial charge in [0.05, 0.1) is 7.57 Å². The SMILES string of the molecule is CC.[2H]c1cnc2cnc(C(OCO[Si](C)(C)C)c3ccccc3)nc2n1. The zero-order chi connectivity index (χ0) is 19.9. The molecular weight excluding hydrogens is 344 g/mol. The van der Waals surface area contributed by atoms with Crippen molar-refractivity contribution < 1.29 is 10.5 Å². The molecule has 1 atom stereocenters. The number of fused-ring (bicyclic) bond motifs is 1. The molecule has 1 unspecified atom stereocenters. The average Bonchev–Trinajstić information content (AvgIpc) is 2.66. The quantitative estimate of drug-likeness (QED) is 0.473. The molecule has 0 saturated heterocycles. The summed E-state index contributed by atoms with van der Waals surface area (Å²) in [5, 5.41) is 0. The van der Waals surface area contributed by atoms with Gasteiger partial charge in [0.1, 0.15) is 18.4 Å². The zero-order valence-corrected chi connectivity index (χ0v) is 16.9. The van der Waals surface area contributed by atoms with E-state index in [1.54, 1.807) is 6.20 Å². The number of hydrogen-bond acceptors (Lipinski definition) is 6. The van der Waals surface area contributed by atoms with Gasteiger partial charge < -0.3 is 9.16 Å². The number of benzene rings is 1.